The molecule has 0 spiro atoms. The Labute approximate surface area is 184 Å². The Bertz CT molecular complexity index is 1060. The molecule has 6 heteroatoms. The highest BCUT2D eigenvalue weighted by Gasteiger charge is 2.21. The topological polar surface area (TPSA) is 53.8 Å². The number of halogens is 1. The van der Waals surface area contributed by atoms with E-state index in [-0.39, 0.29) is 11.8 Å². The molecule has 0 radical (unpaired) electrons. The summed E-state index contributed by atoms with van der Waals surface area (Å²) in [5.74, 6) is 1.60. The molecule has 2 amide bonds. The number of amides is 2. The van der Waals surface area contributed by atoms with E-state index in [4.69, 9.17) is 4.42 Å². The van der Waals surface area contributed by atoms with Crippen molar-refractivity contribution in [3.63, 3.8) is 0 Å². The van der Waals surface area contributed by atoms with E-state index in [1.165, 1.54) is 0 Å². The van der Waals surface area contributed by atoms with Gasteiger partial charge >= 0.3 is 0 Å². The summed E-state index contributed by atoms with van der Waals surface area (Å²) < 4.78 is 6.95. The van der Waals surface area contributed by atoms with Crippen LogP contribution >= 0.6 is 15.9 Å². The van der Waals surface area contributed by atoms with Crippen LogP contribution in [-0.2, 0) is 17.9 Å². The van der Waals surface area contributed by atoms with Gasteiger partial charge in [0.1, 0.15) is 11.5 Å². The maximum absolute atomic E-state index is 12.9. The minimum atomic E-state index is -0.0776. The fourth-order valence-electron chi connectivity index (χ4n) is 3.65. The molecule has 0 aliphatic carbocycles. The van der Waals surface area contributed by atoms with Gasteiger partial charge in [0, 0.05) is 42.2 Å². The van der Waals surface area contributed by atoms with Crippen molar-refractivity contribution >= 4 is 27.7 Å². The Balaban J connectivity index is 1.42. The second-order valence-corrected chi connectivity index (χ2v) is 8.47. The van der Waals surface area contributed by atoms with Gasteiger partial charge in [0.15, 0.2) is 0 Å². The number of benzene rings is 2. The van der Waals surface area contributed by atoms with Crippen molar-refractivity contribution in [2.45, 2.75) is 25.9 Å². The number of furan rings is 1. The maximum Gasteiger partial charge on any atom is 0.254 e. The Morgan fingerprint density at radius 2 is 1.93 bits per heavy atom. The van der Waals surface area contributed by atoms with E-state index in [9.17, 15) is 9.59 Å². The van der Waals surface area contributed by atoms with Crippen LogP contribution in [0.15, 0.2) is 69.6 Å². The van der Waals surface area contributed by atoms with Crippen molar-refractivity contribution < 1.29 is 14.0 Å². The number of rotatable bonds is 6. The van der Waals surface area contributed by atoms with E-state index in [2.05, 4.69) is 15.9 Å². The van der Waals surface area contributed by atoms with E-state index in [1.54, 1.807) is 11.9 Å². The molecule has 2 heterocycles. The summed E-state index contributed by atoms with van der Waals surface area (Å²) in [5, 5.41) is 0. The smallest absolute Gasteiger partial charge is 0.254 e. The molecule has 0 atom stereocenters. The Morgan fingerprint density at radius 3 is 2.67 bits per heavy atom. The van der Waals surface area contributed by atoms with Crippen molar-refractivity contribution in [2.75, 3.05) is 13.6 Å². The van der Waals surface area contributed by atoms with Crippen molar-refractivity contribution in [3.05, 3.63) is 82.0 Å². The zero-order valence-electron chi connectivity index (χ0n) is 16.8. The number of nitrogens with zero attached hydrogens (tertiary/aromatic N) is 2. The fraction of sp³-hybridized carbons (Fsp3) is 0.250. The first-order chi connectivity index (χ1) is 14.5. The lowest BCUT2D eigenvalue weighted by Crippen LogP contribution is -2.27. The van der Waals surface area contributed by atoms with Gasteiger partial charge in [-0.2, -0.15) is 0 Å². The minimum absolute atomic E-state index is 0.0776. The van der Waals surface area contributed by atoms with Crippen molar-refractivity contribution in [2.24, 2.45) is 0 Å². The average molecular weight is 467 g/mol. The molecular formula is C24H23BrN2O3. The lowest BCUT2D eigenvalue weighted by Gasteiger charge is -2.18. The Kier molecular flexibility index (Phi) is 6.04. The summed E-state index contributed by atoms with van der Waals surface area (Å²) in [6, 6.07) is 19.2. The first-order valence-electron chi connectivity index (χ1n) is 9.96. The molecule has 154 valence electrons. The fourth-order valence-corrected chi connectivity index (χ4v) is 3.92. The van der Waals surface area contributed by atoms with Crippen molar-refractivity contribution in [3.8, 4) is 11.3 Å². The lowest BCUT2D eigenvalue weighted by molar-refractivity contribution is -0.128. The van der Waals surface area contributed by atoms with E-state index in [0.29, 0.717) is 25.1 Å². The van der Waals surface area contributed by atoms with Gasteiger partial charge in [-0.3, -0.25) is 9.59 Å². The molecule has 4 rings (SSSR count). The molecule has 0 N–H and O–H groups in total. The van der Waals surface area contributed by atoms with Crippen LogP contribution in [0.5, 0.6) is 0 Å². The maximum atomic E-state index is 12.9. The molecule has 1 fully saturated rings. The monoisotopic (exact) mass is 466 g/mol. The van der Waals surface area contributed by atoms with Crippen LogP contribution < -0.4 is 0 Å². The first kappa shape index (κ1) is 20.4. The molecule has 5 nitrogen and oxygen atoms in total. The number of hydrogen-bond acceptors (Lipinski definition) is 3. The molecule has 0 saturated carbocycles. The molecule has 1 aromatic heterocycles. The molecule has 0 bridgehead atoms. The van der Waals surface area contributed by atoms with E-state index >= 15 is 0 Å². The van der Waals surface area contributed by atoms with Gasteiger partial charge in [0.25, 0.3) is 5.91 Å². The third-order valence-corrected chi connectivity index (χ3v) is 5.78. The van der Waals surface area contributed by atoms with Crippen molar-refractivity contribution in [1.82, 2.24) is 9.80 Å². The quantitative estimate of drug-likeness (QED) is 0.507. The predicted molar refractivity (Wildman–Crippen MR) is 119 cm³/mol. The number of likely N-dealkylation sites (tertiary alicyclic amines) is 1. The van der Waals surface area contributed by atoms with Gasteiger partial charge in [-0.25, -0.2) is 0 Å². The van der Waals surface area contributed by atoms with Crippen LogP contribution in [0.2, 0.25) is 0 Å². The molecule has 1 aliphatic rings. The molecule has 30 heavy (non-hydrogen) atoms. The van der Waals surface area contributed by atoms with Crippen LogP contribution in [0, 0.1) is 0 Å². The normalized spacial score (nSPS) is 13.7. The van der Waals surface area contributed by atoms with E-state index in [1.807, 2.05) is 65.6 Å². The number of hydrogen-bond donors (Lipinski definition) is 0. The molecule has 1 aliphatic heterocycles. The van der Waals surface area contributed by atoms with Crippen molar-refractivity contribution in [1.29, 1.82) is 0 Å². The zero-order valence-corrected chi connectivity index (χ0v) is 18.4. The van der Waals surface area contributed by atoms with Crippen LogP contribution in [0.25, 0.3) is 11.3 Å². The third kappa shape index (κ3) is 4.65. The van der Waals surface area contributed by atoms with Gasteiger partial charge in [-0.15, -0.1) is 0 Å². The van der Waals surface area contributed by atoms with Crippen LogP contribution in [0.4, 0.5) is 0 Å². The molecule has 3 aromatic rings. The summed E-state index contributed by atoms with van der Waals surface area (Å²) in [6.07, 6.45) is 1.53. The SMILES string of the molecule is CN(Cc1ccc(-c2ccc(Br)cc2)o1)C(=O)c1cccc(CN2CCCC2=O)c1. The zero-order chi connectivity index (χ0) is 21.1. The highest BCUT2D eigenvalue weighted by molar-refractivity contribution is 9.10. The van der Waals surface area contributed by atoms with Gasteiger partial charge in [0.05, 0.1) is 6.54 Å². The van der Waals surface area contributed by atoms with Crippen LogP contribution in [0.1, 0.15) is 34.5 Å². The minimum Gasteiger partial charge on any atom is -0.459 e. The highest BCUT2D eigenvalue weighted by atomic mass is 79.9. The van der Waals surface area contributed by atoms with E-state index in [0.717, 1.165) is 40.1 Å². The number of carbonyl (C=O) groups is 2. The summed E-state index contributed by atoms with van der Waals surface area (Å²) in [5.41, 5.74) is 2.57. The van der Waals surface area contributed by atoms with Gasteiger partial charge in [-0.1, -0.05) is 40.2 Å². The average Bonchev–Trinajstić information content (AvgIpc) is 3.37. The van der Waals surface area contributed by atoms with Crippen LogP contribution in [0.3, 0.4) is 0 Å². The standard InChI is InChI=1S/C24H23BrN2O3/c1-26(16-21-11-12-22(30-21)18-7-9-20(25)10-8-18)24(29)19-5-2-4-17(14-19)15-27-13-3-6-23(27)28/h2,4-5,7-12,14H,3,6,13,15-16H2,1H3. The van der Waals surface area contributed by atoms with Gasteiger partial charge in [-0.05, 0) is 48.4 Å². The second-order valence-electron chi connectivity index (χ2n) is 7.55. The Morgan fingerprint density at radius 1 is 1.13 bits per heavy atom. The summed E-state index contributed by atoms with van der Waals surface area (Å²) in [4.78, 5) is 28.3. The molecular weight excluding hydrogens is 444 g/mol. The largest absolute Gasteiger partial charge is 0.459 e. The molecule has 2 aromatic carbocycles. The predicted octanol–water partition coefficient (Wildman–Crippen LogP) is 5.10. The summed E-state index contributed by atoms with van der Waals surface area (Å²) >= 11 is 3.43. The molecule has 0 unspecified atom stereocenters. The lowest BCUT2D eigenvalue weighted by atomic mass is 10.1. The van der Waals surface area contributed by atoms with Gasteiger partial charge in [0.2, 0.25) is 5.91 Å². The first-order valence-corrected chi connectivity index (χ1v) is 10.8. The highest BCUT2D eigenvalue weighted by Crippen LogP contribution is 2.25. The van der Waals surface area contributed by atoms with Gasteiger partial charge < -0.3 is 14.2 Å². The summed E-state index contributed by atoms with van der Waals surface area (Å²) in [6.45, 7) is 1.72. The van der Waals surface area contributed by atoms with E-state index < -0.39 is 0 Å². The summed E-state index contributed by atoms with van der Waals surface area (Å²) in [7, 11) is 1.76. The molecule has 1 saturated heterocycles. The van der Waals surface area contributed by atoms with Crippen LogP contribution in [-0.4, -0.2) is 35.2 Å². The number of carbonyl (C=O) groups excluding carboxylic acids is 2. The third-order valence-electron chi connectivity index (χ3n) is 5.25. The second kappa shape index (κ2) is 8.88. The Hall–Kier alpha value is -2.86.